The van der Waals surface area contributed by atoms with E-state index in [9.17, 15) is 0 Å². The molecule has 3 aromatic heterocycles. The van der Waals surface area contributed by atoms with Crippen LogP contribution in [-0.2, 0) is 25.5 Å². The number of aromatic nitrogens is 3. The van der Waals surface area contributed by atoms with Crippen molar-refractivity contribution in [3.8, 4) is 50.6 Å². The van der Waals surface area contributed by atoms with Crippen molar-refractivity contribution in [1.29, 1.82) is 0 Å². The number of para-hydroxylation sites is 2. The van der Waals surface area contributed by atoms with Gasteiger partial charge in [0, 0.05) is 37.4 Å². The Balaban J connectivity index is 0.000000303. The first-order chi connectivity index (χ1) is 31.7. The first kappa shape index (κ1) is 47.3. The van der Waals surface area contributed by atoms with Gasteiger partial charge < -0.3 is 14.0 Å². The summed E-state index contributed by atoms with van der Waals surface area (Å²) in [6.45, 7) is 23.1. The maximum atomic E-state index is 6.77. The smallest absolute Gasteiger partial charge is 0.121 e. The van der Waals surface area contributed by atoms with E-state index in [1.807, 2.05) is 42.6 Å². The topological polar surface area (TPSA) is 43.9 Å². The predicted molar refractivity (Wildman–Crippen MR) is 282 cm³/mol. The van der Waals surface area contributed by atoms with Crippen LogP contribution in [0, 0.1) is 12.1 Å². The monoisotopic (exact) mass is 1070 g/mol. The number of imidazole rings is 1. The van der Waals surface area contributed by atoms with Gasteiger partial charge in [0.2, 0.25) is 0 Å². The molecule has 67 heavy (non-hydrogen) atoms. The Kier molecular flexibility index (Phi) is 13.6. The Morgan fingerprint density at radius 1 is 0.612 bits per heavy atom. The van der Waals surface area contributed by atoms with Crippen LogP contribution in [0.4, 0.5) is 0 Å². The molecule has 0 fully saturated rings. The van der Waals surface area contributed by atoms with Crippen molar-refractivity contribution in [2.45, 2.75) is 85.4 Å². The predicted octanol–water partition coefficient (Wildman–Crippen LogP) is 16.4. The number of hydrogen-bond donors (Lipinski definition) is 0. The molecule has 0 saturated heterocycles. The van der Waals surface area contributed by atoms with Crippen LogP contribution in [0.3, 0.4) is 0 Å². The Hall–Kier alpha value is -6.17. The van der Waals surface area contributed by atoms with Crippen molar-refractivity contribution in [2.75, 3.05) is 0 Å². The zero-order chi connectivity index (χ0) is 46.3. The third-order valence-corrected chi connectivity index (χ3v) is 14.7. The minimum atomic E-state index is -1.40. The minimum absolute atomic E-state index is 0. The molecule has 0 aliphatic carbocycles. The fourth-order valence-electron chi connectivity index (χ4n) is 8.88. The van der Waals surface area contributed by atoms with Crippen LogP contribution < -0.4 is 5.19 Å². The number of fused-ring (bicyclic) bond motifs is 4. The van der Waals surface area contributed by atoms with Crippen LogP contribution in [0.25, 0.3) is 83.6 Å². The minimum Gasteiger partial charge on any atom is -0.501 e. The van der Waals surface area contributed by atoms with E-state index >= 15 is 0 Å². The Labute approximate surface area is 411 Å². The normalized spacial score (nSPS) is 11.9. The molecule has 339 valence electrons. The first-order valence-electron chi connectivity index (χ1n) is 23.3. The van der Waals surface area contributed by atoms with E-state index in [1.54, 1.807) is 0 Å². The number of nitrogens with zero attached hydrogens (tertiary/aromatic N) is 3. The van der Waals surface area contributed by atoms with E-state index in [1.165, 1.54) is 44.3 Å². The summed E-state index contributed by atoms with van der Waals surface area (Å²) in [5.41, 5.74) is 16.7. The summed E-state index contributed by atoms with van der Waals surface area (Å²) < 4.78 is 9.15. The fourth-order valence-corrected chi connectivity index (χ4v) is 10.0. The largest absolute Gasteiger partial charge is 0.501 e. The average molecular weight is 1070 g/mol. The molecule has 0 bridgehead atoms. The molecule has 7 aromatic carbocycles. The van der Waals surface area contributed by atoms with Gasteiger partial charge in [0.25, 0.3) is 0 Å². The molecule has 0 spiro atoms. The van der Waals surface area contributed by atoms with Crippen LogP contribution in [0.5, 0.6) is 0 Å². The SMILES string of the molecule is CC(C)(C)c1ccnc(-c2[c-]cccc2)c1.CC(C)c1cc(-c2ccc([Si](C)(C)C)cc2)cc(C(C)C)c1-n1c(-c2[c-]ccc3c2oc2cc(-c4ccccc4)ccc23)nc2ccccc21.[Ir]. The third-order valence-electron chi connectivity index (χ3n) is 12.7. The second-order valence-corrected chi connectivity index (χ2v) is 25.2. The number of rotatable bonds is 8. The zero-order valence-corrected chi connectivity index (χ0v) is 43.7. The van der Waals surface area contributed by atoms with Gasteiger partial charge in [-0.3, -0.25) is 4.98 Å². The maximum Gasteiger partial charge on any atom is 0.121 e. The van der Waals surface area contributed by atoms with Crippen LogP contribution in [0.1, 0.15) is 77.0 Å². The van der Waals surface area contributed by atoms with E-state index in [0.717, 1.165) is 61.2 Å². The molecule has 4 nitrogen and oxygen atoms in total. The number of hydrogen-bond acceptors (Lipinski definition) is 3. The van der Waals surface area contributed by atoms with Gasteiger partial charge in [-0.1, -0.05) is 169 Å². The van der Waals surface area contributed by atoms with Crippen molar-refractivity contribution in [1.82, 2.24) is 14.5 Å². The van der Waals surface area contributed by atoms with Crippen molar-refractivity contribution < 1.29 is 24.5 Å². The number of furan rings is 1. The zero-order valence-electron chi connectivity index (χ0n) is 40.3. The van der Waals surface area contributed by atoms with E-state index in [2.05, 4.69) is 211 Å². The van der Waals surface area contributed by atoms with E-state index in [0.29, 0.717) is 0 Å². The second-order valence-electron chi connectivity index (χ2n) is 20.1. The third kappa shape index (κ3) is 9.67. The van der Waals surface area contributed by atoms with Crippen LogP contribution in [0.15, 0.2) is 168 Å². The van der Waals surface area contributed by atoms with Crippen molar-refractivity contribution in [2.24, 2.45) is 0 Å². The summed E-state index contributed by atoms with van der Waals surface area (Å²) in [6, 6.07) is 62.7. The summed E-state index contributed by atoms with van der Waals surface area (Å²) >= 11 is 0. The molecule has 0 amide bonds. The average Bonchev–Trinajstić information content (AvgIpc) is 3.90. The molecule has 0 N–H and O–H groups in total. The number of benzene rings is 7. The molecule has 10 aromatic rings. The van der Waals surface area contributed by atoms with Crippen molar-refractivity contribution in [3.05, 3.63) is 193 Å². The molecule has 3 heterocycles. The van der Waals surface area contributed by atoms with Crippen LogP contribution in [-0.4, -0.2) is 22.6 Å². The van der Waals surface area contributed by atoms with Gasteiger partial charge in [0.05, 0.1) is 30.5 Å². The second kappa shape index (κ2) is 19.2. The van der Waals surface area contributed by atoms with Crippen LogP contribution >= 0.6 is 0 Å². The van der Waals surface area contributed by atoms with Crippen molar-refractivity contribution >= 4 is 46.2 Å². The van der Waals surface area contributed by atoms with Gasteiger partial charge >= 0.3 is 0 Å². The fraction of sp³-hybridized carbons (Fsp3) is 0.213. The molecule has 1 radical (unpaired) electrons. The van der Waals surface area contributed by atoms with E-state index < -0.39 is 8.07 Å². The van der Waals surface area contributed by atoms with E-state index in [4.69, 9.17) is 9.40 Å². The quantitative estimate of drug-likeness (QED) is 0.112. The molecule has 0 unspecified atom stereocenters. The molecule has 6 heteroatoms. The number of pyridine rings is 1. The molecule has 0 atom stereocenters. The van der Waals surface area contributed by atoms with Gasteiger partial charge in [-0.25, -0.2) is 0 Å². The molecule has 0 aliphatic heterocycles. The van der Waals surface area contributed by atoms with Crippen molar-refractivity contribution in [3.63, 3.8) is 0 Å². The summed E-state index contributed by atoms with van der Waals surface area (Å²) in [4.78, 5) is 9.73. The summed E-state index contributed by atoms with van der Waals surface area (Å²) in [5.74, 6) is 1.40. The maximum absolute atomic E-state index is 6.77. The first-order valence-corrected chi connectivity index (χ1v) is 26.8. The molecule has 10 rings (SSSR count). The van der Waals surface area contributed by atoms with Crippen LogP contribution in [0.2, 0.25) is 19.6 Å². The van der Waals surface area contributed by atoms with Gasteiger partial charge in [0.15, 0.2) is 0 Å². The summed E-state index contributed by atoms with van der Waals surface area (Å²) in [5, 5.41) is 3.64. The Morgan fingerprint density at radius 2 is 1.27 bits per heavy atom. The molecular formula is C61H59IrN3OSi-2. The Bertz CT molecular complexity index is 3290. The Morgan fingerprint density at radius 3 is 1.93 bits per heavy atom. The van der Waals surface area contributed by atoms with E-state index in [-0.39, 0.29) is 37.4 Å². The van der Waals surface area contributed by atoms with Gasteiger partial charge in [-0.2, -0.15) is 0 Å². The molecule has 0 aliphatic rings. The van der Waals surface area contributed by atoms with Gasteiger partial charge in [-0.05, 0) is 98.3 Å². The summed E-state index contributed by atoms with van der Waals surface area (Å²) in [7, 11) is -1.40. The standard InChI is InChI=1S/C46H43N2OSi.C15H16N.Ir/c1-29(2)39-26-34(32-20-23-35(24-21-32)50(5,6)7)27-40(30(3)4)44(39)48-42-19-12-11-18-41(42)47-46(48)38-17-13-16-37-36-25-22-33(28-43(36)49-45(37)38)31-14-9-8-10-15-31;1-15(2,3)13-9-10-16-14(11-13)12-7-5-4-6-8-12;/h8-16,18-30H,1-7H3;4-7,9-11H,1-3H3;/q2*-1;. The molecular weight excluding hydrogens is 1010 g/mol. The van der Waals surface area contributed by atoms with Gasteiger partial charge in [-0.15, -0.1) is 54.1 Å². The van der Waals surface area contributed by atoms with Gasteiger partial charge in [0.1, 0.15) is 5.58 Å². The summed E-state index contributed by atoms with van der Waals surface area (Å²) in [6.07, 6.45) is 1.87. The molecule has 0 saturated carbocycles.